The van der Waals surface area contributed by atoms with Crippen molar-refractivity contribution in [3.63, 3.8) is 0 Å². The molecule has 1 fully saturated rings. The lowest BCUT2D eigenvalue weighted by molar-refractivity contribution is 0.0933. The molecule has 7 heteroatoms. The molecule has 2 atom stereocenters. The summed E-state index contributed by atoms with van der Waals surface area (Å²) in [7, 11) is -0.924. The van der Waals surface area contributed by atoms with Gasteiger partial charge >= 0.3 is 0 Å². The van der Waals surface area contributed by atoms with Crippen LogP contribution in [0.15, 0.2) is 0 Å². The van der Waals surface area contributed by atoms with Crippen LogP contribution in [0.5, 0.6) is 0 Å². The summed E-state index contributed by atoms with van der Waals surface area (Å²) in [5, 5.41) is 9.39. The van der Waals surface area contributed by atoms with Crippen LogP contribution in [0.2, 0.25) is 0 Å². The highest BCUT2D eigenvalue weighted by Crippen LogP contribution is 2.37. The molecule has 2 unspecified atom stereocenters. The Bertz CT molecular complexity index is 441. The molecular weight excluding hydrogens is 240 g/mol. The number of carbonyl (C=O) groups excluding carboxylic acids is 1. The first kappa shape index (κ1) is 12.2. The average molecular weight is 256 g/mol. The van der Waals surface area contributed by atoms with Gasteiger partial charge in [0.25, 0.3) is 5.91 Å². The average Bonchev–Trinajstić information content (AvgIpc) is 2.95. The van der Waals surface area contributed by atoms with E-state index in [-0.39, 0.29) is 17.8 Å². The number of hydrogen-bond donors (Lipinski definition) is 2. The molecule has 17 heavy (non-hydrogen) atoms. The third kappa shape index (κ3) is 3.36. The summed E-state index contributed by atoms with van der Waals surface area (Å²) in [6.45, 7) is 1.81. The molecular formula is C10H16N4O2S. The predicted molar refractivity (Wildman–Crippen MR) is 64.2 cm³/mol. The minimum absolute atomic E-state index is 0.142. The number of rotatable bonds is 5. The molecule has 0 aromatic carbocycles. The van der Waals surface area contributed by atoms with Crippen LogP contribution in [-0.2, 0) is 10.8 Å². The van der Waals surface area contributed by atoms with E-state index in [9.17, 15) is 9.00 Å². The van der Waals surface area contributed by atoms with E-state index in [4.69, 9.17) is 0 Å². The number of carbonyl (C=O) groups is 1. The van der Waals surface area contributed by atoms with Gasteiger partial charge in [-0.05, 0) is 19.8 Å². The minimum Gasteiger partial charge on any atom is -0.346 e. The van der Waals surface area contributed by atoms with Crippen LogP contribution in [0.3, 0.4) is 0 Å². The molecule has 0 spiro atoms. The van der Waals surface area contributed by atoms with Crippen molar-refractivity contribution in [3.8, 4) is 0 Å². The maximum Gasteiger partial charge on any atom is 0.291 e. The van der Waals surface area contributed by atoms with Crippen LogP contribution < -0.4 is 5.32 Å². The SMILES string of the molecule is CC(CS(C)=O)NC(=O)c1n[nH]c(C2CC2)n1. The molecule has 1 saturated carbocycles. The molecule has 0 radical (unpaired) electrons. The minimum atomic E-state index is -0.924. The third-order valence-corrected chi connectivity index (χ3v) is 3.50. The van der Waals surface area contributed by atoms with Gasteiger partial charge in [-0.25, -0.2) is 4.98 Å². The summed E-state index contributed by atoms with van der Waals surface area (Å²) in [6, 6.07) is -0.142. The van der Waals surface area contributed by atoms with E-state index >= 15 is 0 Å². The smallest absolute Gasteiger partial charge is 0.291 e. The predicted octanol–water partition coefficient (Wildman–Crippen LogP) is 0.179. The Labute approximate surface area is 102 Å². The Morgan fingerprint density at radius 2 is 2.35 bits per heavy atom. The van der Waals surface area contributed by atoms with Gasteiger partial charge in [0.2, 0.25) is 5.82 Å². The fourth-order valence-corrected chi connectivity index (χ4v) is 2.38. The van der Waals surface area contributed by atoms with Crippen LogP contribution in [-0.4, -0.2) is 43.3 Å². The van der Waals surface area contributed by atoms with Crippen molar-refractivity contribution >= 4 is 16.7 Å². The Morgan fingerprint density at radius 3 is 2.94 bits per heavy atom. The number of hydrogen-bond acceptors (Lipinski definition) is 4. The topological polar surface area (TPSA) is 87.7 Å². The third-order valence-electron chi connectivity index (χ3n) is 2.53. The normalized spacial score (nSPS) is 18.7. The molecule has 1 amide bonds. The Hall–Kier alpha value is -1.24. The van der Waals surface area contributed by atoms with Crippen molar-refractivity contribution in [2.24, 2.45) is 0 Å². The summed E-state index contributed by atoms with van der Waals surface area (Å²) in [4.78, 5) is 15.9. The van der Waals surface area contributed by atoms with Crippen LogP contribution in [0.1, 0.15) is 42.1 Å². The zero-order chi connectivity index (χ0) is 12.4. The van der Waals surface area contributed by atoms with E-state index in [1.807, 2.05) is 6.92 Å². The quantitative estimate of drug-likeness (QED) is 0.786. The highest BCUT2D eigenvalue weighted by Gasteiger charge is 2.28. The lowest BCUT2D eigenvalue weighted by Gasteiger charge is -2.10. The van der Waals surface area contributed by atoms with Crippen molar-refractivity contribution in [3.05, 3.63) is 11.6 Å². The summed E-state index contributed by atoms with van der Waals surface area (Å²) in [6.07, 6.45) is 3.84. The summed E-state index contributed by atoms with van der Waals surface area (Å²) in [5.74, 6) is 1.53. The lowest BCUT2D eigenvalue weighted by atomic mass is 10.4. The van der Waals surface area contributed by atoms with Crippen molar-refractivity contribution in [2.45, 2.75) is 31.7 Å². The highest BCUT2D eigenvalue weighted by molar-refractivity contribution is 7.84. The molecule has 1 aliphatic carbocycles. The maximum atomic E-state index is 11.7. The van der Waals surface area contributed by atoms with Gasteiger partial charge in [0.05, 0.1) is 0 Å². The zero-order valence-electron chi connectivity index (χ0n) is 9.90. The van der Waals surface area contributed by atoms with Crippen molar-refractivity contribution in [2.75, 3.05) is 12.0 Å². The molecule has 94 valence electrons. The Kier molecular flexibility index (Phi) is 3.56. The molecule has 2 N–H and O–H groups in total. The molecule has 2 rings (SSSR count). The van der Waals surface area contributed by atoms with E-state index in [0.717, 1.165) is 18.7 Å². The summed E-state index contributed by atoms with van der Waals surface area (Å²) >= 11 is 0. The van der Waals surface area contributed by atoms with E-state index < -0.39 is 10.8 Å². The standard InChI is InChI=1S/C10H16N4O2S/c1-6(5-17(2)16)11-10(15)9-12-8(13-14-9)7-3-4-7/h6-7H,3-5H2,1-2H3,(H,11,15)(H,12,13,14). The van der Waals surface area contributed by atoms with Gasteiger partial charge in [-0.2, -0.15) is 0 Å². The van der Waals surface area contributed by atoms with Gasteiger partial charge in [0, 0.05) is 34.8 Å². The number of nitrogens with one attached hydrogen (secondary N) is 2. The van der Waals surface area contributed by atoms with E-state index in [1.54, 1.807) is 6.26 Å². The molecule has 1 aromatic rings. The second-order valence-electron chi connectivity index (χ2n) is 4.43. The number of amides is 1. The first-order valence-electron chi connectivity index (χ1n) is 5.59. The maximum absolute atomic E-state index is 11.7. The van der Waals surface area contributed by atoms with E-state index in [0.29, 0.717) is 11.7 Å². The monoisotopic (exact) mass is 256 g/mol. The first-order chi connectivity index (χ1) is 8.06. The fourth-order valence-electron chi connectivity index (χ4n) is 1.60. The molecule has 6 nitrogen and oxygen atoms in total. The molecule has 0 bridgehead atoms. The number of aromatic amines is 1. The Morgan fingerprint density at radius 1 is 1.65 bits per heavy atom. The van der Waals surface area contributed by atoms with Gasteiger partial charge in [0.15, 0.2) is 0 Å². The van der Waals surface area contributed by atoms with E-state index in [2.05, 4.69) is 20.5 Å². The molecule has 0 saturated heterocycles. The van der Waals surface area contributed by atoms with Gasteiger partial charge in [-0.15, -0.1) is 5.10 Å². The molecule has 1 heterocycles. The van der Waals surface area contributed by atoms with Gasteiger partial charge < -0.3 is 5.32 Å². The van der Waals surface area contributed by atoms with Gasteiger partial charge in [-0.3, -0.25) is 14.1 Å². The highest BCUT2D eigenvalue weighted by atomic mass is 32.2. The van der Waals surface area contributed by atoms with Crippen LogP contribution >= 0.6 is 0 Å². The number of aromatic nitrogens is 3. The first-order valence-corrected chi connectivity index (χ1v) is 7.32. The fraction of sp³-hybridized carbons (Fsp3) is 0.700. The van der Waals surface area contributed by atoms with Crippen LogP contribution in [0.25, 0.3) is 0 Å². The number of H-pyrrole nitrogens is 1. The Balaban J connectivity index is 1.91. The molecule has 0 aliphatic heterocycles. The van der Waals surface area contributed by atoms with Gasteiger partial charge in [0.1, 0.15) is 5.82 Å². The van der Waals surface area contributed by atoms with Crippen molar-refractivity contribution in [1.29, 1.82) is 0 Å². The number of nitrogens with zero attached hydrogens (tertiary/aromatic N) is 2. The lowest BCUT2D eigenvalue weighted by Crippen LogP contribution is -2.36. The second-order valence-corrected chi connectivity index (χ2v) is 5.91. The molecule has 1 aliphatic rings. The van der Waals surface area contributed by atoms with Crippen LogP contribution in [0.4, 0.5) is 0 Å². The summed E-state index contributed by atoms with van der Waals surface area (Å²) < 4.78 is 11.0. The zero-order valence-corrected chi connectivity index (χ0v) is 10.7. The van der Waals surface area contributed by atoms with Crippen LogP contribution in [0, 0.1) is 0 Å². The molecule has 1 aromatic heterocycles. The largest absolute Gasteiger partial charge is 0.346 e. The van der Waals surface area contributed by atoms with E-state index in [1.165, 1.54) is 0 Å². The van der Waals surface area contributed by atoms with Gasteiger partial charge in [-0.1, -0.05) is 0 Å². The second kappa shape index (κ2) is 4.95. The summed E-state index contributed by atoms with van der Waals surface area (Å²) in [5.41, 5.74) is 0. The van der Waals surface area contributed by atoms with Crippen molar-refractivity contribution < 1.29 is 9.00 Å². The van der Waals surface area contributed by atoms with Crippen molar-refractivity contribution in [1.82, 2.24) is 20.5 Å².